The van der Waals surface area contributed by atoms with Crippen molar-refractivity contribution in [3.8, 4) is 0 Å². The summed E-state index contributed by atoms with van der Waals surface area (Å²) in [6, 6.07) is -0.221. The predicted molar refractivity (Wildman–Crippen MR) is 99.8 cm³/mol. The summed E-state index contributed by atoms with van der Waals surface area (Å²) in [5, 5.41) is 12.6. The maximum Gasteiger partial charge on any atom is 0.275 e. The van der Waals surface area contributed by atoms with E-state index in [2.05, 4.69) is 17.1 Å². The molecule has 2 saturated heterocycles. The minimum absolute atomic E-state index is 0.0530. The van der Waals surface area contributed by atoms with Crippen LogP contribution in [-0.2, 0) is 4.74 Å². The number of alkyl halides is 2. The summed E-state index contributed by atoms with van der Waals surface area (Å²) in [4.78, 5) is 4.23. The third-order valence-electron chi connectivity index (χ3n) is 6.37. The Morgan fingerprint density at radius 3 is 2.31 bits per heavy atom. The summed E-state index contributed by atoms with van der Waals surface area (Å²) in [5.74, 6) is -2.67. The van der Waals surface area contributed by atoms with E-state index in [0.717, 1.165) is 38.9 Å². The largest absolute Gasteiger partial charge is 0.393 e. The zero-order valence-electron chi connectivity index (χ0n) is 16.8. The lowest BCUT2D eigenvalue weighted by molar-refractivity contribution is -0.0986. The Morgan fingerprint density at radius 2 is 1.81 bits per heavy atom. The summed E-state index contributed by atoms with van der Waals surface area (Å²) in [5.41, 5.74) is -0.402. The Balaban J connectivity index is 1.73. The number of aliphatic hydroxyl groups is 1. The van der Waals surface area contributed by atoms with Crippen molar-refractivity contribution in [3.05, 3.63) is 0 Å². The van der Waals surface area contributed by atoms with Crippen molar-refractivity contribution >= 4 is 0 Å². The van der Waals surface area contributed by atoms with Crippen molar-refractivity contribution in [2.24, 2.45) is 0 Å². The highest BCUT2D eigenvalue weighted by atomic mass is 19.3. The first-order valence-corrected chi connectivity index (χ1v) is 9.98. The van der Waals surface area contributed by atoms with E-state index < -0.39 is 17.6 Å². The molecule has 5 nitrogen and oxygen atoms in total. The van der Waals surface area contributed by atoms with Crippen LogP contribution in [0.4, 0.5) is 8.78 Å². The number of nitrogens with zero attached hydrogens (tertiary/aromatic N) is 2. The van der Waals surface area contributed by atoms with Gasteiger partial charge in [-0.15, -0.1) is 0 Å². The van der Waals surface area contributed by atoms with Gasteiger partial charge < -0.3 is 20.1 Å². The molecule has 0 spiro atoms. The van der Waals surface area contributed by atoms with Crippen LogP contribution >= 0.6 is 0 Å². The molecule has 0 aromatic carbocycles. The predicted octanol–water partition coefficient (Wildman–Crippen LogP) is 1.95. The highest BCUT2D eigenvalue weighted by Crippen LogP contribution is 2.29. The van der Waals surface area contributed by atoms with E-state index in [9.17, 15) is 13.9 Å². The van der Waals surface area contributed by atoms with Crippen LogP contribution in [0.1, 0.15) is 46.5 Å². The maximum absolute atomic E-state index is 14.4. The number of ether oxygens (including phenoxy) is 1. The molecule has 2 N–H and O–H groups in total. The fourth-order valence-electron chi connectivity index (χ4n) is 4.11. The van der Waals surface area contributed by atoms with Crippen molar-refractivity contribution in [1.82, 2.24) is 15.1 Å². The van der Waals surface area contributed by atoms with E-state index in [1.807, 2.05) is 18.7 Å². The van der Waals surface area contributed by atoms with E-state index in [4.69, 9.17) is 4.74 Å². The average molecular weight is 378 g/mol. The molecule has 2 atom stereocenters. The van der Waals surface area contributed by atoms with Crippen molar-refractivity contribution in [2.75, 3.05) is 46.4 Å². The van der Waals surface area contributed by atoms with Gasteiger partial charge >= 0.3 is 0 Å². The van der Waals surface area contributed by atoms with Gasteiger partial charge in [0.1, 0.15) is 0 Å². The smallest absolute Gasteiger partial charge is 0.275 e. The fourth-order valence-corrected chi connectivity index (χ4v) is 4.11. The Labute approximate surface area is 157 Å². The van der Waals surface area contributed by atoms with Crippen LogP contribution in [0.5, 0.6) is 0 Å². The molecule has 1 unspecified atom stereocenters. The number of piperidine rings is 2. The Morgan fingerprint density at radius 1 is 1.15 bits per heavy atom. The molecule has 2 rings (SSSR count). The molecule has 0 saturated carbocycles. The van der Waals surface area contributed by atoms with Crippen LogP contribution in [0, 0.1) is 0 Å². The van der Waals surface area contributed by atoms with E-state index >= 15 is 0 Å². The van der Waals surface area contributed by atoms with Crippen LogP contribution in [0.15, 0.2) is 0 Å². The van der Waals surface area contributed by atoms with E-state index in [-0.39, 0.29) is 19.2 Å². The molecule has 2 heterocycles. The number of halogens is 2. The molecule has 0 aromatic rings. The fraction of sp³-hybridized carbons (Fsp3) is 1.00. The summed E-state index contributed by atoms with van der Waals surface area (Å²) < 4.78 is 34.2. The van der Waals surface area contributed by atoms with Gasteiger partial charge in [-0.25, -0.2) is 8.78 Å². The molecule has 0 aliphatic carbocycles. The zero-order chi connectivity index (χ0) is 19.4. The lowest BCUT2D eigenvalue weighted by Gasteiger charge is -2.42. The minimum Gasteiger partial charge on any atom is -0.393 e. The molecule has 2 aliphatic heterocycles. The van der Waals surface area contributed by atoms with Crippen molar-refractivity contribution in [3.63, 3.8) is 0 Å². The molecular weight excluding hydrogens is 340 g/mol. The van der Waals surface area contributed by atoms with Crippen LogP contribution in [0.25, 0.3) is 0 Å². The van der Waals surface area contributed by atoms with Gasteiger partial charge in [-0.1, -0.05) is 0 Å². The monoisotopic (exact) mass is 377 g/mol. The normalized spacial score (nSPS) is 28.4. The van der Waals surface area contributed by atoms with Crippen molar-refractivity contribution in [1.29, 1.82) is 0 Å². The van der Waals surface area contributed by atoms with Gasteiger partial charge in [0.05, 0.1) is 24.8 Å². The van der Waals surface area contributed by atoms with Crippen molar-refractivity contribution < 1.29 is 18.6 Å². The summed E-state index contributed by atoms with van der Waals surface area (Å²) in [6.07, 6.45) is 2.96. The third-order valence-corrected chi connectivity index (χ3v) is 6.37. The maximum atomic E-state index is 14.4. The molecule has 0 radical (unpaired) electrons. The molecule has 0 amide bonds. The SMILES string of the molecule is COC1(CO)CCN(C(C)CCN[C@H]2CCN(C(C)C)CC2(F)F)CC1. The molecule has 26 heavy (non-hydrogen) atoms. The van der Waals surface area contributed by atoms with Gasteiger partial charge in [0.15, 0.2) is 0 Å². The number of hydrogen-bond acceptors (Lipinski definition) is 5. The topological polar surface area (TPSA) is 48.0 Å². The zero-order valence-corrected chi connectivity index (χ0v) is 16.8. The summed E-state index contributed by atoms with van der Waals surface area (Å²) in [6.45, 7) is 9.08. The van der Waals surface area contributed by atoms with E-state index in [1.54, 1.807) is 7.11 Å². The number of likely N-dealkylation sites (tertiary alicyclic amines) is 2. The molecule has 0 aromatic heterocycles. The van der Waals surface area contributed by atoms with Crippen LogP contribution in [0.3, 0.4) is 0 Å². The van der Waals surface area contributed by atoms with E-state index in [1.165, 1.54) is 0 Å². The molecule has 2 fully saturated rings. The minimum atomic E-state index is -2.67. The Kier molecular flexibility index (Phi) is 7.80. The van der Waals surface area contributed by atoms with Gasteiger partial charge in [0.25, 0.3) is 5.92 Å². The van der Waals surface area contributed by atoms with Gasteiger partial charge in [0.2, 0.25) is 0 Å². The number of hydrogen-bond donors (Lipinski definition) is 2. The summed E-state index contributed by atoms with van der Waals surface area (Å²) in [7, 11) is 1.66. The highest BCUT2D eigenvalue weighted by Gasteiger charge is 2.44. The van der Waals surface area contributed by atoms with Crippen LogP contribution < -0.4 is 5.32 Å². The van der Waals surface area contributed by atoms with Crippen LogP contribution in [-0.4, -0.2) is 91.0 Å². The Hall–Kier alpha value is -0.340. The number of methoxy groups -OCH3 is 1. The second kappa shape index (κ2) is 9.24. The quantitative estimate of drug-likeness (QED) is 0.677. The lowest BCUT2D eigenvalue weighted by Crippen LogP contribution is -2.58. The molecule has 154 valence electrons. The standard InChI is InChI=1S/C19H37F2N3O2/c1-15(2)24-10-6-17(19(20,21)13-24)22-9-5-16(3)23-11-7-18(14-25,26-4)8-12-23/h15-17,22,25H,5-14H2,1-4H3/t16?,17-/m0/s1. The first-order chi connectivity index (χ1) is 12.2. The van der Waals surface area contributed by atoms with E-state index in [0.29, 0.717) is 19.0 Å². The van der Waals surface area contributed by atoms with Crippen LogP contribution in [0.2, 0.25) is 0 Å². The first-order valence-electron chi connectivity index (χ1n) is 9.98. The molecule has 2 aliphatic rings. The van der Waals surface area contributed by atoms with Crippen molar-refractivity contribution in [2.45, 2.75) is 76.1 Å². The average Bonchev–Trinajstić information content (AvgIpc) is 2.62. The number of nitrogens with one attached hydrogen (secondary N) is 1. The van der Waals surface area contributed by atoms with Gasteiger partial charge in [0, 0.05) is 38.8 Å². The van der Waals surface area contributed by atoms with Gasteiger partial charge in [-0.2, -0.15) is 0 Å². The number of rotatable bonds is 8. The summed E-state index contributed by atoms with van der Waals surface area (Å²) >= 11 is 0. The molecule has 0 bridgehead atoms. The third kappa shape index (κ3) is 5.35. The number of aliphatic hydroxyl groups excluding tert-OH is 1. The Bertz CT molecular complexity index is 423. The molecular formula is C19H37F2N3O2. The lowest BCUT2D eigenvalue weighted by atomic mass is 9.91. The first kappa shape index (κ1) is 22.0. The molecule has 7 heteroatoms. The van der Waals surface area contributed by atoms with Gasteiger partial charge in [-0.3, -0.25) is 4.90 Å². The highest BCUT2D eigenvalue weighted by molar-refractivity contribution is 4.93. The van der Waals surface area contributed by atoms with Gasteiger partial charge in [-0.05, 0) is 53.0 Å². The second-order valence-corrected chi connectivity index (χ2v) is 8.34. The second-order valence-electron chi connectivity index (χ2n) is 8.34.